The van der Waals surface area contributed by atoms with Crippen molar-refractivity contribution in [3.63, 3.8) is 0 Å². The van der Waals surface area contributed by atoms with Crippen LogP contribution < -0.4 is 0 Å². The Balaban J connectivity index is 2.40. The zero-order chi connectivity index (χ0) is 13.3. The maximum atomic E-state index is 13.0. The van der Waals surface area contributed by atoms with E-state index in [2.05, 4.69) is 0 Å². The van der Waals surface area contributed by atoms with Crippen molar-refractivity contribution in [1.29, 1.82) is 0 Å². The lowest BCUT2D eigenvalue weighted by Crippen LogP contribution is -2.02. The lowest BCUT2D eigenvalue weighted by Gasteiger charge is -1.97. The summed E-state index contributed by atoms with van der Waals surface area (Å²) >= 11 is 0. The second-order valence-corrected chi connectivity index (χ2v) is 3.87. The summed E-state index contributed by atoms with van der Waals surface area (Å²) in [5.41, 5.74) is 0.424. The van der Waals surface area contributed by atoms with E-state index in [1.54, 1.807) is 0 Å². The van der Waals surface area contributed by atoms with Crippen LogP contribution in [0.4, 0.5) is 4.39 Å². The number of halogens is 1. The molecular weight excluding hydrogens is 237 g/mol. The number of rotatable bonds is 3. The number of carbonyl (C=O) groups is 2. The first-order valence-electron chi connectivity index (χ1n) is 5.19. The molecule has 18 heavy (non-hydrogen) atoms. The number of aromatic nitrogens is 1. The van der Waals surface area contributed by atoms with Gasteiger partial charge in [0.1, 0.15) is 11.5 Å². The molecule has 0 fully saturated rings. The molecule has 0 aliphatic carbocycles. The van der Waals surface area contributed by atoms with Gasteiger partial charge in [-0.1, -0.05) is 12.1 Å². The quantitative estimate of drug-likeness (QED) is 0.845. The molecule has 2 aromatic rings. The standard InChI is InChI=1S/C13H10FNO3/c1-15-7-9(6-11(15)13(17)18)12(16)8-3-2-4-10(14)5-8/h2-7H,1H3,(H,17,18). The molecule has 0 saturated heterocycles. The van der Waals surface area contributed by atoms with Gasteiger partial charge in [-0.15, -0.1) is 0 Å². The molecule has 2 rings (SSSR count). The van der Waals surface area contributed by atoms with E-state index in [0.717, 1.165) is 6.07 Å². The van der Waals surface area contributed by atoms with E-state index in [1.165, 1.54) is 42.1 Å². The van der Waals surface area contributed by atoms with Crippen LogP contribution in [0, 0.1) is 5.82 Å². The van der Waals surface area contributed by atoms with Crippen molar-refractivity contribution in [2.45, 2.75) is 0 Å². The van der Waals surface area contributed by atoms with Crippen LogP contribution >= 0.6 is 0 Å². The number of carboxylic acids is 1. The van der Waals surface area contributed by atoms with Gasteiger partial charge in [0.2, 0.25) is 0 Å². The molecule has 0 radical (unpaired) electrons. The smallest absolute Gasteiger partial charge is 0.352 e. The number of hydrogen-bond donors (Lipinski definition) is 1. The molecule has 0 spiro atoms. The van der Waals surface area contributed by atoms with Gasteiger partial charge >= 0.3 is 5.97 Å². The summed E-state index contributed by atoms with van der Waals surface area (Å²) in [6.07, 6.45) is 1.41. The highest BCUT2D eigenvalue weighted by Crippen LogP contribution is 2.14. The first-order valence-corrected chi connectivity index (χ1v) is 5.19. The third kappa shape index (κ3) is 2.15. The molecule has 0 atom stereocenters. The van der Waals surface area contributed by atoms with Gasteiger partial charge in [-0.3, -0.25) is 4.79 Å². The van der Waals surface area contributed by atoms with Crippen LogP contribution in [0.5, 0.6) is 0 Å². The average molecular weight is 247 g/mol. The van der Waals surface area contributed by atoms with Crippen LogP contribution in [0.2, 0.25) is 0 Å². The first kappa shape index (κ1) is 12.0. The van der Waals surface area contributed by atoms with Gasteiger partial charge in [0.15, 0.2) is 5.78 Å². The minimum atomic E-state index is -1.12. The first-order chi connectivity index (χ1) is 8.49. The summed E-state index contributed by atoms with van der Waals surface area (Å²) in [4.78, 5) is 22.9. The van der Waals surface area contributed by atoms with Crippen LogP contribution in [0.25, 0.3) is 0 Å². The van der Waals surface area contributed by atoms with Crippen molar-refractivity contribution in [1.82, 2.24) is 4.57 Å². The molecule has 1 aromatic heterocycles. The lowest BCUT2D eigenvalue weighted by molar-refractivity contribution is 0.0686. The molecule has 1 N–H and O–H groups in total. The number of hydrogen-bond acceptors (Lipinski definition) is 2. The number of nitrogens with zero attached hydrogens (tertiary/aromatic N) is 1. The van der Waals surface area contributed by atoms with Crippen molar-refractivity contribution >= 4 is 11.8 Å². The maximum Gasteiger partial charge on any atom is 0.352 e. The van der Waals surface area contributed by atoms with Crippen LogP contribution in [-0.4, -0.2) is 21.4 Å². The van der Waals surface area contributed by atoms with E-state index in [-0.39, 0.29) is 16.8 Å². The molecule has 0 bridgehead atoms. The van der Waals surface area contributed by atoms with Gasteiger partial charge in [0.25, 0.3) is 0 Å². The zero-order valence-electron chi connectivity index (χ0n) is 9.55. The van der Waals surface area contributed by atoms with Crippen LogP contribution in [-0.2, 0) is 7.05 Å². The number of aromatic carboxylic acids is 1. The molecule has 0 aliphatic rings. The number of ketones is 1. The largest absolute Gasteiger partial charge is 0.477 e. The molecular formula is C13H10FNO3. The van der Waals surface area contributed by atoms with Gasteiger partial charge in [-0.25, -0.2) is 9.18 Å². The van der Waals surface area contributed by atoms with Gasteiger partial charge < -0.3 is 9.67 Å². The lowest BCUT2D eigenvalue weighted by atomic mass is 10.1. The highest BCUT2D eigenvalue weighted by Gasteiger charge is 2.16. The summed E-state index contributed by atoms with van der Waals surface area (Å²) in [6, 6.07) is 6.55. The summed E-state index contributed by atoms with van der Waals surface area (Å²) in [5, 5.41) is 8.88. The Morgan fingerprint density at radius 2 is 1.94 bits per heavy atom. The second-order valence-electron chi connectivity index (χ2n) is 3.87. The van der Waals surface area contributed by atoms with E-state index >= 15 is 0 Å². The fourth-order valence-electron chi connectivity index (χ4n) is 1.70. The average Bonchev–Trinajstić information content (AvgIpc) is 2.70. The van der Waals surface area contributed by atoms with Gasteiger partial charge in [-0.05, 0) is 18.2 Å². The normalized spacial score (nSPS) is 10.3. The third-order valence-corrected chi connectivity index (χ3v) is 2.57. The predicted octanol–water partition coefficient (Wildman–Crippen LogP) is 2.09. The molecule has 1 heterocycles. The van der Waals surface area contributed by atoms with E-state index in [0.29, 0.717) is 0 Å². The summed E-state index contributed by atoms with van der Waals surface area (Å²) in [7, 11) is 1.53. The van der Waals surface area contributed by atoms with Gasteiger partial charge in [0.05, 0.1) is 0 Å². The Labute approximate surface area is 102 Å². The minimum absolute atomic E-state index is 0.00903. The predicted molar refractivity (Wildman–Crippen MR) is 62.2 cm³/mol. The van der Waals surface area contributed by atoms with Gasteiger partial charge in [-0.2, -0.15) is 0 Å². The Morgan fingerprint density at radius 1 is 1.22 bits per heavy atom. The fraction of sp³-hybridized carbons (Fsp3) is 0.0769. The fourth-order valence-corrected chi connectivity index (χ4v) is 1.70. The third-order valence-electron chi connectivity index (χ3n) is 2.57. The van der Waals surface area contributed by atoms with Crippen molar-refractivity contribution < 1.29 is 19.1 Å². The van der Waals surface area contributed by atoms with E-state index in [1.807, 2.05) is 0 Å². The molecule has 0 unspecified atom stereocenters. The Hall–Kier alpha value is -2.43. The maximum absolute atomic E-state index is 13.0. The number of carboxylic acid groups (broad SMARTS) is 1. The molecule has 0 saturated carbocycles. The monoisotopic (exact) mass is 247 g/mol. The van der Waals surface area contributed by atoms with Crippen molar-refractivity contribution in [2.75, 3.05) is 0 Å². The van der Waals surface area contributed by atoms with Crippen LogP contribution in [0.3, 0.4) is 0 Å². The summed E-state index contributed by atoms with van der Waals surface area (Å²) in [5.74, 6) is -2.02. The Bertz CT molecular complexity index is 631. The van der Waals surface area contributed by atoms with E-state index < -0.39 is 17.6 Å². The highest BCUT2D eigenvalue weighted by molar-refractivity contribution is 6.09. The Morgan fingerprint density at radius 3 is 2.50 bits per heavy atom. The topological polar surface area (TPSA) is 59.3 Å². The summed E-state index contributed by atoms with van der Waals surface area (Å²) in [6.45, 7) is 0. The van der Waals surface area contributed by atoms with Crippen LogP contribution in [0.15, 0.2) is 36.5 Å². The van der Waals surface area contributed by atoms with E-state index in [9.17, 15) is 14.0 Å². The van der Waals surface area contributed by atoms with Crippen molar-refractivity contribution in [2.24, 2.45) is 7.05 Å². The molecule has 5 heteroatoms. The van der Waals surface area contributed by atoms with Crippen molar-refractivity contribution in [3.8, 4) is 0 Å². The number of benzene rings is 1. The SMILES string of the molecule is Cn1cc(C(=O)c2cccc(F)c2)cc1C(=O)O. The second kappa shape index (κ2) is 4.44. The zero-order valence-corrected chi connectivity index (χ0v) is 9.55. The summed E-state index contributed by atoms with van der Waals surface area (Å²) < 4.78 is 14.3. The molecule has 1 aromatic carbocycles. The van der Waals surface area contributed by atoms with Crippen molar-refractivity contribution in [3.05, 3.63) is 59.2 Å². The number of aryl methyl sites for hydroxylation is 1. The molecule has 4 nitrogen and oxygen atoms in total. The Kier molecular flexibility index (Phi) is 2.97. The molecule has 92 valence electrons. The van der Waals surface area contributed by atoms with Gasteiger partial charge in [0, 0.05) is 24.4 Å². The molecule has 0 aliphatic heterocycles. The minimum Gasteiger partial charge on any atom is -0.477 e. The number of carbonyl (C=O) groups excluding carboxylic acids is 1. The van der Waals surface area contributed by atoms with E-state index in [4.69, 9.17) is 5.11 Å². The van der Waals surface area contributed by atoms with Crippen LogP contribution in [0.1, 0.15) is 26.4 Å². The highest BCUT2D eigenvalue weighted by atomic mass is 19.1. The molecule has 0 amide bonds.